The number of benzene rings is 2. The highest BCUT2D eigenvalue weighted by atomic mass is 127. The highest BCUT2D eigenvalue weighted by molar-refractivity contribution is 14.0. The molecule has 0 radical (unpaired) electrons. The minimum absolute atomic E-state index is 0. The van der Waals surface area contributed by atoms with Gasteiger partial charge in [-0.15, -0.1) is 24.0 Å². The van der Waals surface area contributed by atoms with Gasteiger partial charge in [0.05, 0.1) is 7.11 Å². The summed E-state index contributed by atoms with van der Waals surface area (Å²) < 4.78 is 10.8. The van der Waals surface area contributed by atoms with E-state index in [0.717, 1.165) is 16.9 Å². The Morgan fingerprint density at radius 3 is 2.07 bits per heavy atom. The van der Waals surface area contributed by atoms with Crippen molar-refractivity contribution in [2.24, 2.45) is 4.99 Å². The molecule has 2 rings (SSSR count). The number of guanidine groups is 1. The van der Waals surface area contributed by atoms with Gasteiger partial charge in [0.25, 0.3) is 5.91 Å². The maximum absolute atomic E-state index is 11.6. The fourth-order valence-corrected chi connectivity index (χ4v) is 2.39. The highest BCUT2D eigenvalue weighted by Gasteiger charge is 2.06. The zero-order chi connectivity index (χ0) is 20.4. The maximum atomic E-state index is 11.6. The first-order chi connectivity index (χ1) is 13.5. The molecule has 7 nitrogen and oxygen atoms in total. The van der Waals surface area contributed by atoms with Gasteiger partial charge in [0.15, 0.2) is 12.6 Å². The van der Waals surface area contributed by atoms with Crippen LogP contribution in [0.1, 0.15) is 11.1 Å². The monoisotopic (exact) mass is 512 g/mol. The van der Waals surface area contributed by atoms with Crippen LogP contribution in [0.3, 0.4) is 0 Å². The number of ether oxygens (including phenoxy) is 2. The van der Waals surface area contributed by atoms with Gasteiger partial charge in [-0.2, -0.15) is 0 Å². The Hall–Kier alpha value is -2.49. The van der Waals surface area contributed by atoms with Gasteiger partial charge in [-0.25, -0.2) is 0 Å². The lowest BCUT2D eigenvalue weighted by Gasteiger charge is -2.14. The number of halogens is 1. The highest BCUT2D eigenvalue weighted by Crippen LogP contribution is 2.14. The topological polar surface area (TPSA) is 75.2 Å². The largest absolute Gasteiger partial charge is 0.497 e. The number of carbonyl (C=O) groups excluding carboxylic acids is 1. The molecule has 0 saturated heterocycles. The van der Waals surface area contributed by atoms with E-state index in [1.165, 1.54) is 4.90 Å². The number of hydrogen-bond donors (Lipinski definition) is 2. The van der Waals surface area contributed by atoms with Gasteiger partial charge in [0, 0.05) is 34.2 Å². The normalized spacial score (nSPS) is 10.6. The maximum Gasteiger partial charge on any atom is 0.259 e. The lowest BCUT2D eigenvalue weighted by molar-refractivity contribution is -0.130. The van der Waals surface area contributed by atoms with Crippen molar-refractivity contribution in [2.75, 3.05) is 34.9 Å². The summed E-state index contributed by atoms with van der Waals surface area (Å²) in [4.78, 5) is 17.4. The van der Waals surface area contributed by atoms with Crippen molar-refractivity contribution >= 4 is 35.8 Å². The first kappa shape index (κ1) is 24.5. The molecule has 1 amide bonds. The second-order valence-electron chi connectivity index (χ2n) is 6.36. The lowest BCUT2D eigenvalue weighted by Crippen LogP contribution is -2.36. The van der Waals surface area contributed by atoms with Crippen LogP contribution in [0.5, 0.6) is 11.5 Å². The number of nitrogens with zero attached hydrogens (tertiary/aromatic N) is 2. The zero-order valence-corrected chi connectivity index (χ0v) is 19.6. The standard InChI is InChI=1S/C21H28N4O3.HI/c1-22-21(23-13-16-7-5-9-18(11-16)27-4)24-14-17-8-6-10-19(12-17)28-15-20(26)25(2)3;/h5-12H,13-15H2,1-4H3,(H2,22,23,24);1H. The van der Waals surface area contributed by atoms with Crippen molar-refractivity contribution in [1.82, 2.24) is 15.5 Å². The summed E-state index contributed by atoms with van der Waals surface area (Å²) in [7, 11) is 6.79. The first-order valence-electron chi connectivity index (χ1n) is 9.01. The minimum atomic E-state index is -0.0781. The first-order valence-corrected chi connectivity index (χ1v) is 9.01. The van der Waals surface area contributed by atoms with E-state index in [0.29, 0.717) is 24.8 Å². The van der Waals surface area contributed by atoms with E-state index in [-0.39, 0.29) is 36.5 Å². The molecule has 0 heterocycles. The molecule has 2 aromatic carbocycles. The predicted octanol–water partition coefficient (Wildman–Crippen LogP) is 2.65. The zero-order valence-electron chi connectivity index (χ0n) is 17.3. The average Bonchev–Trinajstić information content (AvgIpc) is 2.72. The van der Waals surface area contributed by atoms with Crippen LogP contribution in [0, 0.1) is 0 Å². The summed E-state index contributed by atoms with van der Waals surface area (Å²) >= 11 is 0. The van der Waals surface area contributed by atoms with Crippen LogP contribution in [0.4, 0.5) is 0 Å². The van der Waals surface area contributed by atoms with Crippen LogP contribution in [0.2, 0.25) is 0 Å². The summed E-state index contributed by atoms with van der Waals surface area (Å²) in [6, 6.07) is 15.5. The van der Waals surface area contributed by atoms with E-state index in [9.17, 15) is 4.79 Å². The number of nitrogens with one attached hydrogen (secondary N) is 2. The molecule has 0 aliphatic heterocycles. The van der Waals surface area contributed by atoms with E-state index >= 15 is 0 Å². The Morgan fingerprint density at radius 2 is 1.55 bits per heavy atom. The summed E-state index contributed by atoms with van der Waals surface area (Å²) in [5.41, 5.74) is 2.13. The second-order valence-corrected chi connectivity index (χ2v) is 6.36. The van der Waals surface area contributed by atoms with Crippen molar-refractivity contribution in [1.29, 1.82) is 0 Å². The van der Waals surface area contributed by atoms with Gasteiger partial charge in [-0.3, -0.25) is 9.79 Å². The molecule has 0 aliphatic rings. The minimum Gasteiger partial charge on any atom is -0.497 e. The van der Waals surface area contributed by atoms with Crippen LogP contribution in [0.25, 0.3) is 0 Å². The SMILES string of the molecule is CN=C(NCc1cccc(OC)c1)NCc1cccc(OCC(=O)N(C)C)c1.I. The molecular weight excluding hydrogens is 483 g/mol. The number of hydrogen-bond acceptors (Lipinski definition) is 4. The number of likely N-dealkylation sites (N-methyl/N-ethyl adjacent to an activating group) is 1. The predicted molar refractivity (Wildman–Crippen MR) is 126 cm³/mol. The quantitative estimate of drug-likeness (QED) is 0.323. The number of amides is 1. The molecule has 0 unspecified atom stereocenters. The molecule has 8 heteroatoms. The van der Waals surface area contributed by atoms with Crippen LogP contribution >= 0.6 is 24.0 Å². The summed E-state index contributed by atoms with van der Waals surface area (Å²) in [6.07, 6.45) is 0. The molecular formula is C21H29IN4O3. The Labute approximate surface area is 189 Å². The second kappa shape index (κ2) is 12.9. The molecule has 158 valence electrons. The van der Waals surface area contributed by atoms with Gasteiger partial charge in [0.1, 0.15) is 11.5 Å². The molecule has 2 aromatic rings. The van der Waals surface area contributed by atoms with Gasteiger partial charge in [-0.05, 0) is 35.4 Å². The molecule has 0 fully saturated rings. The van der Waals surface area contributed by atoms with E-state index in [2.05, 4.69) is 15.6 Å². The molecule has 0 bridgehead atoms. The van der Waals surface area contributed by atoms with Crippen LogP contribution in [0.15, 0.2) is 53.5 Å². The molecule has 0 aliphatic carbocycles. The Kier molecular flexibility index (Phi) is 10.9. The number of carbonyl (C=O) groups is 1. The fraction of sp³-hybridized carbons (Fsp3) is 0.333. The third-order valence-electron chi connectivity index (χ3n) is 4.04. The Balaban J connectivity index is 0.00000420. The number of methoxy groups -OCH3 is 1. The van der Waals surface area contributed by atoms with Crippen molar-refractivity contribution < 1.29 is 14.3 Å². The van der Waals surface area contributed by atoms with Crippen LogP contribution < -0.4 is 20.1 Å². The fourth-order valence-electron chi connectivity index (χ4n) is 2.39. The number of aliphatic imine (C=N–C) groups is 1. The van der Waals surface area contributed by atoms with Crippen LogP contribution in [-0.4, -0.2) is 51.6 Å². The molecule has 2 N–H and O–H groups in total. The van der Waals surface area contributed by atoms with Gasteiger partial charge < -0.3 is 25.0 Å². The van der Waals surface area contributed by atoms with Gasteiger partial charge in [-0.1, -0.05) is 24.3 Å². The van der Waals surface area contributed by atoms with Crippen LogP contribution in [-0.2, 0) is 17.9 Å². The summed E-state index contributed by atoms with van der Waals surface area (Å²) in [5.74, 6) is 2.10. The smallest absolute Gasteiger partial charge is 0.259 e. The molecule has 29 heavy (non-hydrogen) atoms. The van der Waals surface area contributed by atoms with Crippen molar-refractivity contribution in [3.8, 4) is 11.5 Å². The Morgan fingerprint density at radius 1 is 1.00 bits per heavy atom. The average molecular weight is 512 g/mol. The molecule has 0 aromatic heterocycles. The van der Waals surface area contributed by atoms with Gasteiger partial charge >= 0.3 is 0 Å². The summed E-state index contributed by atoms with van der Waals surface area (Å²) in [6.45, 7) is 1.23. The van der Waals surface area contributed by atoms with Crippen molar-refractivity contribution in [3.05, 3.63) is 59.7 Å². The summed E-state index contributed by atoms with van der Waals surface area (Å²) in [5, 5.41) is 6.55. The molecule has 0 spiro atoms. The van der Waals surface area contributed by atoms with E-state index in [4.69, 9.17) is 9.47 Å². The lowest BCUT2D eigenvalue weighted by atomic mass is 10.2. The van der Waals surface area contributed by atoms with Gasteiger partial charge in [0.2, 0.25) is 0 Å². The van der Waals surface area contributed by atoms with E-state index < -0.39 is 0 Å². The number of rotatable bonds is 8. The van der Waals surface area contributed by atoms with Crippen molar-refractivity contribution in [2.45, 2.75) is 13.1 Å². The van der Waals surface area contributed by atoms with Crippen molar-refractivity contribution in [3.63, 3.8) is 0 Å². The van der Waals surface area contributed by atoms with E-state index in [1.807, 2.05) is 48.5 Å². The molecule has 0 saturated carbocycles. The third-order valence-corrected chi connectivity index (χ3v) is 4.04. The molecule has 0 atom stereocenters. The Bertz CT molecular complexity index is 812. The van der Waals surface area contributed by atoms with E-state index in [1.54, 1.807) is 28.3 Å². The third kappa shape index (κ3) is 8.59.